The molecule has 2 unspecified atom stereocenters. The van der Waals surface area contributed by atoms with Gasteiger partial charge in [-0.05, 0) is 69.1 Å². The Bertz CT molecular complexity index is 2590. The van der Waals surface area contributed by atoms with Crippen LogP contribution in [0.2, 0.25) is 0 Å². The third kappa shape index (κ3) is 3.87. The largest absolute Gasteiger partial charge is 0.481 e. The van der Waals surface area contributed by atoms with Crippen molar-refractivity contribution in [2.24, 2.45) is 9.98 Å². The van der Waals surface area contributed by atoms with Crippen LogP contribution >= 0.6 is 0 Å². The number of benzene rings is 7. The number of aliphatic imine (C=N–C) groups is 2. The highest BCUT2D eigenvalue weighted by atomic mass is 16.5. The zero-order valence-corrected chi connectivity index (χ0v) is 24.7. The van der Waals surface area contributed by atoms with E-state index in [1.807, 2.05) is 24.3 Å². The van der Waals surface area contributed by atoms with E-state index in [2.05, 4.69) is 121 Å². The molecule has 2 atom stereocenters. The van der Waals surface area contributed by atoms with E-state index in [1.165, 1.54) is 21.5 Å². The van der Waals surface area contributed by atoms with E-state index in [-0.39, 0.29) is 12.1 Å². The van der Waals surface area contributed by atoms with E-state index in [0.29, 0.717) is 5.84 Å². The first-order valence-electron chi connectivity index (χ1n) is 15.6. The lowest BCUT2D eigenvalue weighted by Crippen LogP contribution is -2.33. The minimum Gasteiger partial charge on any atom is -0.481 e. The Morgan fingerprint density at radius 1 is 0.522 bits per heavy atom. The predicted molar refractivity (Wildman–Crippen MR) is 187 cm³/mol. The summed E-state index contributed by atoms with van der Waals surface area (Å²) < 4.78 is 13.1. The Morgan fingerprint density at radius 2 is 1.20 bits per heavy atom. The summed E-state index contributed by atoms with van der Waals surface area (Å²) in [5.74, 6) is 1.54. The third-order valence-electron chi connectivity index (χ3n) is 9.38. The fraction of sp³-hybridized carbons (Fsp3) is 0.0476. The van der Waals surface area contributed by atoms with Crippen molar-refractivity contribution in [1.82, 2.24) is 0 Å². The third-order valence-corrected chi connectivity index (χ3v) is 9.38. The van der Waals surface area contributed by atoms with Gasteiger partial charge in [-0.15, -0.1) is 0 Å². The van der Waals surface area contributed by atoms with Crippen LogP contribution in [0.25, 0.3) is 54.6 Å². The first-order valence-corrected chi connectivity index (χ1v) is 15.6. The molecule has 0 N–H and O–H groups in total. The summed E-state index contributed by atoms with van der Waals surface area (Å²) in [4.78, 5) is 10.6. The smallest absolute Gasteiger partial charge is 0.168 e. The maximum absolute atomic E-state index is 6.56. The van der Waals surface area contributed by atoms with Gasteiger partial charge in [-0.2, -0.15) is 0 Å². The molecule has 0 radical (unpaired) electrons. The minimum absolute atomic E-state index is 0.208. The molecule has 8 aromatic rings. The molecule has 2 aliphatic rings. The van der Waals surface area contributed by atoms with Gasteiger partial charge in [0, 0.05) is 27.5 Å². The van der Waals surface area contributed by atoms with Gasteiger partial charge in [0.15, 0.2) is 11.9 Å². The number of hydrogen-bond donors (Lipinski definition) is 0. The number of rotatable bonds is 3. The summed E-state index contributed by atoms with van der Waals surface area (Å²) in [6.07, 6.45) is -0.308. The first kappa shape index (κ1) is 25.3. The van der Waals surface area contributed by atoms with E-state index in [9.17, 15) is 0 Å². The average Bonchev–Trinajstić information content (AvgIpc) is 3.69. The Kier molecular flexibility index (Phi) is 5.37. The monoisotopic (exact) mass is 590 g/mol. The predicted octanol–water partition coefficient (Wildman–Crippen LogP) is 10.3. The summed E-state index contributed by atoms with van der Waals surface area (Å²) in [7, 11) is 0. The van der Waals surface area contributed by atoms with Gasteiger partial charge in [-0.1, -0.05) is 109 Å². The quantitative estimate of drug-likeness (QED) is 0.206. The molecule has 0 spiro atoms. The van der Waals surface area contributed by atoms with Crippen LogP contribution in [-0.2, 0) is 0 Å². The first-order chi connectivity index (χ1) is 22.8. The van der Waals surface area contributed by atoms with Gasteiger partial charge >= 0.3 is 0 Å². The van der Waals surface area contributed by atoms with Crippen molar-refractivity contribution in [1.29, 1.82) is 0 Å². The highest BCUT2D eigenvalue weighted by Crippen LogP contribution is 2.44. The van der Waals surface area contributed by atoms with E-state index < -0.39 is 0 Å². The molecule has 0 fully saturated rings. The molecule has 0 saturated carbocycles. The van der Waals surface area contributed by atoms with Gasteiger partial charge in [-0.3, -0.25) is 4.99 Å². The molecule has 2 aliphatic heterocycles. The fourth-order valence-corrected chi connectivity index (χ4v) is 7.16. The molecule has 7 aromatic carbocycles. The second kappa shape index (κ2) is 9.75. The van der Waals surface area contributed by atoms with Crippen LogP contribution in [0, 0.1) is 0 Å². The number of furan rings is 1. The lowest BCUT2D eigenvalue weighted by atomic mass is 9.92. The van der Waals surface area contributed by atoms with Crippen LogP contribution in [0.15, 0.2) is 160 Å². The molecule has 0 saturated heterocycles. The van der Waals surface area contributed by atoms with Crippen LogP contribution in [-0.4, -0.2) is 17.7 Å². The zero-order valence-electron chi connectivity index (χ0n) is 24.7. The highest BCUT2D eigenvalue weighted by Gasteiger charge is 2.41. The molecule has 4 nitrogen and oxygen atoms in total. The summed E-state index contributed by atoms with van der Waals surface area (Å²) >= 11 is 0. The van der Waals surface area contributed by atoms with Crippen molar-refractivity contribution in [3.8, 4) is 16.9 Å². The maximum atomic E-state index is 6.56. The lowest BCUT2D eigenvalue weighted by molar-refractivity contribution is 0.275. The molecule has 1 aromatic heterocycles. The van der Waals surface area contributed by atoms with Gasteiger partial charge < -0.3 is 9.15 Å². The molecule has 0 amide bonds. The Morgan fingerprint density at radius 3 is 2.02 bits per heavy atom. The van der Waals surface area contributed by atoms with Crippen LogP contribution in [0.5, 0.6) is 5.75 Å². The van der Waals surface area contributed by atoms with Crippen LogP contribution < -0.4 is 4.74 Å². The summed E-state index contributed by atoms with van der Waals surface area (Å²) in [6.45, 7) is 0. The molecule has 0 bridgehead atoms. The van der Waals surface area contributed by atoms with Gasteiger partial charge in [0.25, 0.3) is 0 Å². The topological polar surface area (TPSA) is 47.1 Å². The number of hydrogen-bond acceptors (Lipinski definition) is 4. The van der Waals surface area contributed by atoms with Crippen LogP contribution in [0.4, 0.5) is 0 Å². The van der Waals surface area contributed by atoms with Crippen molar-refractivity contribution in [2.75, 3.05) is 0 Å². The van der Waals surface area contributed by atoms with Gasteiger partial charge in [0.2, 0.25) is 0 Å². The van der Waals surface area contributed by atoms with Crippen molar-refractivity contribution in [3.05, 3.63) is 162 Å². The molecule has 0 aliphatic carbocycles. The van der Waals surface area contributed by atoms with E-state index in [1.54, 1.807) is 0 Å². The van der Waals surface area contributed by atoms with Crippen molar-refractivity contribution in [3.63, 3.8) is 0 Å². The lowest BCUT2D eigenvalue weighted by Gasteiger charge is -2.24. The molecule has 46 heavy (non-hydrogen) atoms. The Labute approximate surface area is 264 Å². The summed E-state index contributed by atoms with van der Waals surface area (Å²) in [5.41, 5.74) is 7.81. The van der Waals surface area contributed by atoms with E-state index >= 15 is 0 Å². The van der Waals surface area contributed by atoms with Gasteiger partial charge in [-0.25, -0.2) is 4.99 Å². The summed E-state index contributed by atoms with van der Waals surface area (Å²) in [6, 6.07) is 50.7. The van der Waals surface area contributed by atoms with E-state index in [0.717, 1.165) is 61.2 Å². The SMILES string of the molecule is c1ccc2c(c1)OC1C(c3ccc4ccccc4c3)=NC(c3cc(-c4ccc5ccccc5c4)c4c(c3)oc3ccccc34)=NC21. The van der Waals surface area contributed by atoms with Crippen LogP contribution in [0.1, 0.15) is 22.7 Å². The van der Waals surface area contributed by atoms with Gasteiger partial charge in [0.05, 0.1) is 5.71 Å². The average molecular weight is 591 g/mol. The number of para-hydroxylation sites is 2. The molecule has 4 heteroatoms. The molecule has 216 valence electrons. The summed E-state index contributed by atoms with van der Waals surface area (Å²) in [5, 5.41) is 6.96. The van der Waals surface area contributed by atoms with Crippen LogP contribution in [0.3, 0.4) is 0 Å². The minimum atomic E-state index is -0.308. The highest BCUT2D eigenvalue weighted by molar-refractivity contribution is 6.20. The maximum Gasteiger partial charge on any atom is 0.168 e. The fourth-order valence-electron chi connectivity index (χ4n) is 7.16. The second-order valence-electron chi connectivity index (χ2n) is 12.1. The number of amidine groups is 1. The Hall–Kier alpha value is -6.00. The van der Waals surface area contributed by atoms with Gasteiger partial charge in [0.1, 0.15) is 23.0 Å². The normalized spacial score (nSPS) is 17.1. The molecular weight excluding hydrogens is 564 g/mol. The second-order valence-corrected chi connectivity index (χ2v) is 12.1. The number of fused-ring (bicyclic) bond motifs is 8. The number of nitrogens with zero attached hydrogens (tertiary/aromatic N) is 2. The Balaban J connectivity index is 1.22. The molecular formula is C42H26N2O2. The number of ether oxygens (including phenoxy) is 1. The van der Waals surface area contributed by atoms with Crippen molar-refractivity contribution >= 4 is 55.0 Å². The van der Waals surface area contributed by atoms with E-state index in [4.69, 9.17) is 19.1 Å². The molecule has 10 rings (SSSR count). The van der Waals surface area contributed by atoms with Crippen molar-refractivity contribution < 1.29 is 9.15 Å². The zero-order chi connectivity index (χ0) is 30.2. The van der Waals surface area contributed by atoms with Crippen molar-refractivity contribution in [2.45, 2.75) is 12.1 Å². The molecule has 3 heterocycles. The standard InChI is InChI=1S/C42H26N2O2/c1-3-11-27-21-29(19-17-25(27)9-1)34-23-31(24-37-38(34)32-13-5-7-15-35(32)45-37)42-43-39(30-20-18-26-10-2-4-12-28(26)22-30)41-40(44-42)33-14-6-8-16-36(33)46-41/h1-24,40-41H.